The lowest BCUT2D eigenvalue weighted by Crippen LogP contribution is -1.97. The number of alkyl halides is 1. The second kappa shape index (κ2) is 4.17. The molecule has 1 aliphatic carbocycles. The molecule has 0 saturated heterocycles. The van der Waals surface area contributed by atoms with Crippen molar-refractivity contribution in [3.63, 3.8) is 0 Å². The molecule has 94 valence electrons. The number of fused-ring (bicyclic) bond motifs is 3. The van der Waals surface area contributed by atoms with E-state index >= 15 is 0 Å². The minimum absolute atomic E-state index is 0.398. The average molecular weight is 261 g/mol. The van der Waals surface area contributed by atoms with Gasteiger partial charge in [0.15, 0.2) is 0 Å². The van der Waals surface area contributed by atoms with E-state index < -0.39 is 0 Å². The van der Waals surface area contributed by atoms with Crippen LogP contribution in [0, 0.1) is 6.92 Å². The Morgan fingerprint density at radius 1 is 1.39 bits per heavy atom. The number of hydrogen-bond acceptors (Lipinski definition) is 1. The maximum atomic E-state index is 10.2. The van der Waals surface area contributed by atoms with Crippen molar-refractivity contribution in [3.8, 4) is 5.75 Å². The summed E-state index contributed by atoms with van der Waals surface area (Å²) in [5.41, 5.74) is 3.87. The molecule has 0 amide bonds. The summed E-state index contributed by atoms with van der Waals surface area (Å²) in [6.07, 6.45) is 1.09. The van der Waals surface area contributed by atoms with Crippen LogP contribution in [0.25, 0.3) is 10.8 Å². The summed E-state index contributed by atoms with van der Waals surface area (Å²) < 4.78 is 0. The van der Waals surface area contributed by atoms with Crippen LogP contribution in [0.2, 0.25) is 0 Å². The molecule has 0 heterocycles. The molecule has 0 radical (unpaired) electrons. The number of rotatable bonds is 1. The van der Waals surface area contributed by atoms with Crippen LogP contribution >= 0.6 is 11.6 Å². The Balaban J connectivity index is 2.44. The smallest absolute Gasteiger partial charge is 0.123 e. The maximum absolute atomic E-state index is 10.2. The van der Waals surface area contributed by atoms with Gasteiger partial charge in [-0.15, -0.1) is 11.6 Å². The quantitative estimate of drug-likeness (QED) is 0.738. The zero-order chi connectivity index (χ0) is 12.9. The van der Waals surface area contributed by atoms with E-state index in [9.17, 15) is 5.11 Å². The molecule has 1 nitrogen and oxygen atoms in total. The molecular weight excluding hydrogens is 244 g/mol. The van der Waals surface area contributed by atoms with E-state index in [2.05, 4.69) is 19.9 Å². The van der Waals surface area contributed by atoms with Gasteiger partial charge in [-0.3, -0.25) is 0 Å². The van der Waals surface area contributed by atoms with Gasteiger partial charge in [-0.2, -0.15) is 0 Å². The lowest BCUT2D eigenvalue weighted by molar-refractivity contribution is 0.480. The van der Waals surface area contributed by atoms with E-state index in [0.29, 0.717) is 23.5 Å². The monoisotopic (exact) mass is 260 g/mol. The molecule has 18 heavy (non-hydrogen) atoms. The lowest BCUT2D eigenvalue weighted by Gasteiger charge is -2.15. The third-order valence-corrected chi connectivity index (χ3v) is 4.56. The highest BCUT2D eigenvalue weighted by atomic mass is 35.5. The third-order valence-electron chi connectivity index (χ3n) is 4.18. The minimum Gasteiger partial charge on any atom is -0.507 e. The molecule has 1 aliphatic rings. The van der Waals surface area contributed by atoms with Gasteiger partial charge in [-0.05, 0) is 53.3 Å². The van der Waals surface area contributed by atoms with Crippen molar-refractivity contribution in [2.45, 2.75) is 32.1 Å². The molecule has 1 N–H and O–H groups in total. The normalized spacial score (nSPS) is 22.4. The summed E-state index contributed by atoms with van der Waals surface area (Å²) in [7, 11) is 0. The Morgan fingerprint density at radius 2 is 2.17 bits per heavy atom. The van der Waals surface area contributed by atoms with Gasteiger partial charge in [0, 0.05) is 11.3 Å². The van der Waals surface area contributed by atoms with Gasteiger partial charge < -0.3 is 5.11 Å². The van der Waals surface area contributed by atoms with Crippen molar-refractivity contribution in [3.05, 3.63) is 41.0 Å². The Hall–Kier alpha value is -1.21. The molecule has 0 aromatic heterocycles. The zero-order valence-corrected chi connectivity index (χ0v) is 11.5. The number of benzene rings is 2. The molecule has 2 heteroatoms. The van der Waals surface area contributed by atoms with Crippen LogP contribution in [0.3, 0.4) is 0 Å². The second-order valence-electron chi connectivity index (χ2n) is 5.38. The summed E-state index contributed by atoms with van der Waals surface area (Å²) in [6, 6.07) is 8.04. The van der Waals surface area contributed by atoms with Crippen molar-refractivity contribution >= 4 is 22.4 Å². The van der Waals surface area contributed by atoms with Gasteiger partial charge in [0.2, 0.25) is 0 Å². The zero-order valence-electron chi connectivity index (χ0n) is 10.7. The third kappa shape index (κ3) is 1.54. The van der Waals surface area contributed by atoms with Crippen molar-refractivity contribution < 1.29 is 5.11 Å². The van der Waals surface area contributed by atoms with Crippen LogP contribution in [0.15, 0.2) is 24.3 Å². The molecule has 0 fully saturated rings. The first-order valence-corrected chi connectivity index (χ1v) is 6.98. The van der Waals surface area contributed by atoms with Crippen molar-refractivity contribution in [1.82, 2.24) is 0 Å². The van der Waals surface area contributed by atoms with E-state index in [1.165, 1.54) is 22.1 Å². The molecule has 2 unspecified atom stereocenters. The summed E-state index contributed by atoms with van der Waals surface area (Å²) >= 11 is 6.13. The molecule has 0 saturated carbocycles. The first kappa shape index (κ1) is 11.9. The SMILES string of the molecule is Cc1cccc2c(O)cc3c(c12)C(CCl)CC3C. The van der Waals surface area contributed by atoms with E-state index in [-0.39, 0.29) is 0 Å². The van der Waals surface area contributed by atoms with Gasteiger partial charge in [-0.25, -0.2) is 0 Å². The second-order valence-corrected chi connectivity index (χ2v) is 5.69. The van der Waals surface area contributed by atoms with Gasteiger partial charge in [0.05, 0.1) is 0 Å². The fraction of sp³-hybridized carbons (Fsp3) is 0.375. The molecule has 0 bridgehead atoms. The molecule has 0 aliphatic heterocycles. The molecular formula is C16H17ClO. The Bertz CT molecular complexity index is 618. The van der Waals surface area contributed by atoms with Crippen molar-refractivity contribution in [2.75, 3.05) is 5.88 Å². The number of phenolic OH excluding ortho intramolecular Hbond substituents is 1. The van der Waals surface area contributed by atoms with Crippen LogP contribution in [0.4, 0.5) is 0 Å². The van der Waals surface area contributed by atoms with E-state index in [4.69, 9.17) is 11.6 Å². The van der Waals surface area contributed by atoms with Crippen LogP contribution < -0.4 is 0 Å². The Kier molecular flexibility index (Phi) is 2.74. The largest absolute Gasteiger partial charge is 0.507 e. The lowest BCUT2D eigenvalue weighted by atomic mass is 9.92. The highest BCUT2D eigenvalue weighted by Gasteiger charge is 2.30. The highest BCUT2D eigenvalue weighted by Crippen LogP contribution is 2.48. The van der Waals surface area contributed by atoms with Crippen molar-refractivity contribution in [2.24, 2.45) is 0 Å². The van der Waals surface area contributed by atoms with E-state index in [0.717, 1.165) is 11.8 Å². The van der Waals surface area contributed by atoms with Crippen LogP contribution in [-0.2, 0) is 0 Å². The fourth-order valence-electron chi connectivity index (χ4n) is 3.35. The van der Waals surface area contributed by atoms with E-state index in [1.54, 1.807) is 0 Å². The van der Waals surface area contributed by atoms with E-state index in [1.807, 2.05) is 18.2 Å². The number of hydrogen-bond donors (Lipinski definition) is 1. The highest BCUT2D eigenvalue weighted by molar-refractivity contribution is 6.18. The molecule has 2 atom stereocenters. The minimum atomic E-state index is 0.398. The molecule has 2 aromatic rings. The average Bonchev–Trinajstić information content (AvgIpc) is 2.67. The summed E-state index contributed by atoms with van der Waals surface area (Å²) in [6.45, 7) is 4.32. The number of phenols is 1. The van der Waals surface area contributed by atoms with Gasteiger partial charge in [-0.1, -0.05) is 25.1 Å². The first-order valence-electron chi connectivity index (χ1n) is 6.44. The number of aromatic hydroxyl groups is 1. The summed E-state index contributed by atoms with van der Waals surface area (Å²) in [5.74, 6) is 1.96. The molecule has 3 rings (SSSR count). The van der Waals surface area contributed by atoms with Crippen LogP contribution in [0.5, 0.6) is 5.75 Å². The van der Waals surface area contributed by atoms with Crippen LogP contribution in [-0.4, -0.2) is 11.0 Å². The fourth-order valence-corrected chi connectivity index (χ4v) is 3.63. The summed E-state index contributed by atoms with van der Waals surface area (Å²) in [5, 5.41) is 12.4. The topological polar surface area (TPSA) is 20.2 Å². The summed E-state index contributed by atoms with van der Waals surface area (Å²) in [4.78, 5) is 0. The standard InChI is InChI=1S/C16H17ClO/c1-9-4-3-5-12-14(18)7-13-10(2)6-11(8-17)16(13)15(9)12/h3-5,7,10-11,18H,6,8H2,1-2H3. The van der Waals surface area contributed by atoms with Gasteiger partial charge in [0.25, 0.3) is 0 Å². The molecule has 0 spiro atoms. The Labute approximate surface area is 112 Å². The Morgan fingerprint density at radius 3 is 2.89 bits per heavy atom. The maximum Gasteiger partial charge on any atom is 0.123 e. The predicted octanol–water partition coefficient (Wildman–Crippen LogP) is 4.68. The van der Waals surface area contributed by atoms with Gasteiger partial charge in [0.1, 0.15) is 5.75 Å². The predicted molar refractivity (Wildman–Crippen MR) is 76.8 cm³/mol. The van der Waals surface area contributed by atoms with Crippen LogP contribution in [0.1, 0.15) is 41.9 Å². The first-order chi connectivity index (χ1) is 8.63. The molecule has 2 aromatic carbocycles. The number of halogens is 1. The van der Waals surface area contributed by atoms with Gasteiger partial charge >= 0.3 is 0 Å². The number of aryl methyl sites for hydroxylation is 1. The van der Waals surface area contributed by atoms with Crippen molar-refractivity contribution in [1.29, 1.82) is 0 Å².